The van der Waals surface area contributed by atoms with Gasteiger partial charge in [-0.2, -0.15) is 4.99 Å². The lowest BCUT2D eigenvalue weighted by Gasteiger charge is -2.05. The first-order chi connectivity index (χ1) is 8.11. The molecule has 6 nitrogen and oxygen atoms in total. The van der Waals surface area contributed by atoms with Gasteiger partial charge in [-0.05, 0) is 31.2 Å². The van der Waals surface area contributed by atoms with Crippen LogP contribution < -0.4 is 20.9 Å². The third-order valence-electron chi connectivity index (χ3n) is 1.75. The molecule has 92 valence electrons. The highest BCUT2D eigenvalue weighted by atomic mass is 16.5. The van der Waals surface area contributed by atoms with E-state index >= 15 is 0 Å². The van der Waals surface area contributed by atoms with Crippen molar-refractivity contribution in [3.8, 4) is 11.5 Å². The molecule has 0 aromatic heterocycles. The molecular weight excluding hydrogens is 222 g/mol. The molecule has 0 saturated heterocycles. The molecule has 1 amide bonds. The molecule has 0 aliphatic rings. The van der Waals surface area contributed by atoms with E-state index in [1.165, 1.54) is 0 Å². The number of ether oxygens (including phenoxy) is 2. The minimum atomic E-state index is -0.529. The van der Waals surface area contributed by atoms with Crippen LogP contribution in [-0.4, -0.2) is 25.1 Å². The van der Waals surface area contributed by atoms with Crippen molar-refractivity contribution in [1.29, 1.82) is 0 Å². The number of carbonyl (C=O) groups excluding carboxylic acids is 1. The molecule has 0 aliphatic carbocycles. The number of hydrogen-bond donors (Lipinski definition) is 2. The summed E-state index contributed by atoms with van der Waals surface area (Å²) in [5, 5.41) is 0. The topological polar surface area (TPSA) is 99.9 Å². The highest BCUT2D eigenvalue weighted by molar-refractivity contribution is 5.92. The lowest BCUT2D eigenvalue weighted by Crippen LogP contribution is -2.25. The summed E-state index contributed by atoms with van der Waals surface area (Å²) in [5.74, 6) is 0.493. The second-order valence-corrected chi connectivity index (χ2v) is 3.12. The van der Waals surface area contributed by atoms with Crippen LogP contribution in [0.3, 0.4) is 0 Å². The van der Waals surface area contributed by atoms with Crippen LogP contribution in [0.2, 0.25) is 0 Å². The molecule has 17 heavy (non-hydrogen) atoms. The summed E-state index contributed by atoms with van der Waals surface area (Å²) in [6, 6.07) is 6.91. The summed E-state index contributed by atoms with van der Waals surface area (Å²) in [5.41, 5.74) is 10.1. The first kappa shape index (κ1) is 12.8. The molecule has 6 heteroatoms. The fourth-order valence-corrected chi connectivity index (χ4v) is 1.12. The summed E-state index contributed by atoms with van der Waals surface area (Å²) in [6.07, 6.45) is 0. The normalized spacial score (nSPS) is 9.47. The molecule has 1 aromatic rings. The van der Waals surface area contributed by atoms with Gasteiger partial charge in [-0.15, -0.1) is 0 Å². The lowest BCUT2D eigenvalue weighted by molar-refractivity contribution is -0.119. The van der Waals surface area contributed by atoms with Gasteiger partial charge in [0.05, 0.1) is 6.61 Å². The minimum absolute atomic E-state index is 0.202. The third-order valence-corrected chi connectivity index (χ3v) is 1.75. The predicted molar refractivity (Wildman–Crippen MR) is 63.9 cm³/mol. The highest BCUT2D eigenvalue weighted by Crippen LogP contribution is 2.17. The first-order valence-electron chi connectivity index (χ1n) is 5.10. The fourth-order valence-electron chi connectivity index (χ4n) is 1.12. The molecule has 4 N–H and O–H groups in total. The monoisotopic (exact) mass is 237 g/mol. The molecule has 1 rings (SSSR count). The maximum Gasteiger partial charge on any atom is 0.286 e. The number of nitrogens with zero attached hydrogens (tertiary/aromatic N) is 1. The third kappa shape index (κ3) is 4.87. The number of amides is 1. The molecule has 0 spiro atoms. The van der Waals surface area contributed by atoms with Gasteiger partial charge in [0.25, 0.3) is 5.91 Å². The Kier molecular flexibility index (Phi) is 4.80. The Labute approximate surface area is 99.2 Å². The minimum Gasteiger partial charge on any atom is -0.494 e. The Morgan fingerprint density at radius 3 is 2.18 bits per heavy atom. The number of nitrogens with two attached hydrogens (primary N) is 2. The van der Waals surface area contributed by atoms with Crippen LogP contribution >= 0.6 is 0 Å². The van der Waals surface area contributed by atoms with E-state index < -0.39 is 5.91 Å². The van der Waals surface area contributed by atoms with Gasteiger partial charge in [0.1, 0.15) is 11.5 Å². The Balaban J connectivity index is 2.47. The summed E-state index contributed by atoms with van der Waals surface area (Å²) in [7, 11) is 0. The summed E-state index contributed by atoms with van der Waals surface area (Å²) < 4.78 is 10.4. The number of aliphatic imine (C=N–C) groups is 1. The van der Waals surface area contributed by atoms with Gasteiger partial charge in [-0.3, -0.25) is 4.79 Å². The standard InChI is InChI=1S/C11H15N3O3/c1-2-16-8-3-5-9(6-4-8)17-7-10(15)14-11(12)13/h3-6H,2,7H2,1H3,(H4,12,13,14,15). The predicted octanol–water partition coefficient (Wildman–Crippen LogP) is 0.264. The van der Waals surface area contributed by atoms with Gasteiger partial charge in [0, 0.05) is 0 Å². The number of rotatable bonds is 5. The number of carbonyl (C=O) groups is 1. The van der Waals surface area contributed by atoms with Crippen molar-refractivity contribution in [2.75, 3.05) is 13.2 Å². The van der Waals surface area contributed by atoms with Crippen molar-refractivity contribution in [3.05, 3.63) is 24.3 Å². The van der Waals surface area contributed by atoms with E-state index in [0.29, 0.717) is 12.4 Å². The second kappa shape index (κ2) is 6.37. The van der Waals surface area contributed by atoms with Crippen LogP contribution in [-0.2, 0) is 4.79 Å². The van der Waals surface area contributed by atoms with Crippen LogP contribution in [0.4, 0.5) is 0 Å². The van der Waals surface area contributed by atoms with E-state index in [2.05, 4.69) is 4.99 Å². The van der Waals surface area contributed by atoms with Gasteiger partial charge >= 0.3 is 0 Å². The van der Waals surface area contributed by atoms with Crippen molar-refractivity contribution >= 4 is 11.9 Å². The van der Waals surface area contributed by atoms with E-state index in [4.69, 9.17) is 20.9 Å². The summed E-state index contributed by atoms with van der Waals surface area (Å²) in [6.45, 7) is 2.30. The van der Waals surface area contributed by atoms with Crippen LogP contribution in [0.15, 0.2) is 29.3 Å². The zero-order valence-corrected chi connectivity index (χ0v) is 9.55. The van der Waals surface area contributed by atoms with Gasteiger partial charge in [-0.1, -0.05) is 0 Å². The Bertz CT molecular complexity index is 397. The van der Waals surface area contributed by atoms with Crippen molar-refractivity contribution in [2.24, 2.45) is 16.5 Å². The summed E-state index contributed by atoms with van der Waals surface area (Å²) >= 11 is 0. The SMILES string of the molecule is CCOc1ccc(OCC(=O)N=C(N)N)cc1. The maximum atomic E-state index is 11.1. The molecule has 0 atom stereocenters. The zero-order valence-electron chi connectivity index (χ0n) is 9.55. The molecule has 0 radical (unpaired) electrons. The lowest BCUT2D eigenvalue weighted by atomic mass is 10.3. The molecule has 0 saturated carbocycles. The fraction of sp³-hybridized carbons (Fsp3) is 0.273. The molecule has 1 aromatic carbocycles. The largest absolute Gasteiger partial charge is 0.494 e. The second-order valence-electron chi connectivity index (χ2n) is 3.12. The van der Waals surface area contributed by atoms with E-state index in [1.807, 2.05) is 6.92 Å². The zero-order chi connectivity index (χ0) is 12.7. The molecule has 0 bridgehead atoms. The van der Waals surface area contributed by atoms with Gasteiger partial charge < -0.3 is 20.9 Å². The molecule has 0 heterocycles. The molecule has 0 aliphatic heterocycles. The van der Waals surface area contributed by atoms with Gasteiger partial charge in [0.15, 0.2) is 12.6 Å². The average molecular weight is 237 g/mol. The maximum absolute atomic E-state index is 11.1. The Morgan fingerprint density at radius 2 is 1.71 bits per heavy atom. The van der Waals surface area contributed by atoms with Crippen molar-refractivity contribution in [1.82, 2.24) is 0 Å². The van der Waals surface area contributed by atoms with Crippen molar-refractivity contribution in [3.63, 3.8) is 0 Å². The van der Waals surface area contributed by atoms with Crippen molar-refractivity contribution < 1.29 is 14.3 Å². The Morgan fingerprint density at radius 1 is 1.18 bits per heavy atom. The summed E-state index contributed by atoms with van der Waals surface area (Å²) in [4.78, 5) is 14.4. The van der Waals surface area contributed by atoms with Gasteiger partial charge in [-0.25, -0.2) is 0 Å². The Hall–Kier alpha value is -2.24. The van der Waals surface area contributed by atoms with Crippen LogP contribution in [0.5, 0.6) is 11.5 Å². The van der Waals surface area contributed by atoms with Gasteiger partial charge in [0.2, 0.25) is 0 Å². The van der Waals surface area contributed by atoms with E-state index in [9.17, 15) is 4.79 Å². The van der Waals surface area contributed by atoms with E-state index in [0.717, 1.165) is 5.75 Å². The quantitative estimate of drug-likeness (QED) is 0.565. The number of guanidine groups is 1. The van der Waals surface area contributed by atoms with Crippen LogP contribution in [0, 0.1) is 0 Å². The first-order valence-corrected chi connectivity index (χ1v) is 5.10. The number of benzene rings is 1. The molecule has 0 fully saturated rings. The van der Waals surface area contributed by atoms with Crippen LogP contribution in [0.25, 0.3) is 0 Å². The average Bonchev–Trinajstić information content (AvgIpc) is 2.28. The smallest absolute Gasteiger partial charge is 0.286 e. The molecule has 0 unspecified atom stereocenters. The van der Waals surface area contributed by atoms with Crippen LogP contribution in [0.1, 0.15) is 6.92 Å². The number of hydrogen-bond acceptors (Lipinski definition) is 3. The molecular formula is C11H15N3O3. The highest BCUT2D eigenvalue weighted by Gasteiger charge is 2.01. The van der Waals surface area contributed by atoms with E-state index in [-0.39, 0.29) is 12.6 Å². The van der Waals surface area contributed by atoms with Crippen molar-refractivity contribution in [2.45, 2.75) is 6.92 Å². The van der Waals surface area contributed by atoms with E-state index in [1.54, 1.807) is 24.3 Å².